The average molecular weight is 130 g/mol. The number of hydrogen-bond acceptors (Lipinski definition) is 2. The van der Waals surface area contributed by atoms with Gasteiger partial charge in [-0.15, -0.1) is 0 Å². The van der Waals surface area contributed by atoms with Crippen LogP contribution in [-0.2, 0) is 0 Å². The van der Waals surface area contributed by atoms with Gasteiger partial charge in [0, 0.05) is 13.1 Å². The first-order valence-electron chi connectivity index (χ1n) is 3.06. The molecule has 0 amide bonds. The Bertz CT molecular complexity index is 87.0. The zero-order valence-corrected chi connectivity index (χ0v) is 5.94. The molecule has 0 radical (unpaired) electrons. The van der Waals surface area contributed by atoms with Crippen LogP contribution in [0.1, 0.15) is 13.8 Å². The van der Waals surface area contributed by atoms with Gasteiger partial charge in [-0.3, -0.25) is 10.8 Å². The molecule has 4 heteroatoms. The van der Waals surface area contributed by atoms with E-state index in [2.05, 4.69) is 5.43 Å². The summed E-state index contributed by atoms with van der Waals surface area (Å²) in [6.07, 6.45) is 0. The highest BCUT2D eigenvalue weighted by atomic mass is 15.4. The zero-order chi connectivity index (χ0) is 7.28. The Kier molecular flexibility index (Phi) is 3.79. The number of hydrazine groups is 1. The molecule has 54 valence electrons. The van der Waals surface area contributed by atoms with Gasteiger partial charge in [-0.05, 0) is 13.8 Å². The fourth-order valence-electron chi connectivity index (χ4n) is 0.631. The van der Waals surface area contributed by atoms with Crippen molar-refractivity contribution in [2.45, 2.75) is 13.8 Å². The molecule has 0 unspecified atom stereocenters. The second-order valence-corrected chi connectivity index (χ2v) is 1.67. The monoisotopic (exact) mass is 130 g/mol. The first-order valence-corrected chi connectivity index (χ1v) is 3.06. The summed E-state index contributed by atoms with van der Waals surface area (Å²) in [5.41, 5.74) is 2.28. The van der Waals surface area contributed by atoms with E-state index < -0.39 is 0 Å². The van der Waals surface area contributed by atoms with E-state index in [1.54, 1.807) is 0 Å². The average Bonchev–Trinajstić information content (AvgIpc) is 1.90. The van der Waals surface area contributed by atoms with Crippen LogP contribution < -0.4 is 11.3 Å². The highest BCUT2D eigenvalue weighted by molar-refractivity contribution is 5.75. The molecule has 0 aliphatic rings. The van der Waals surface area contributed by atoms with Crippen molar-refractivity contribution in [3.05, 3.63) is 0 Å². The maximum absolute atomic E-state index is 7.18. The number of rotatable bonds is 2. The molecule has 4 nitrogen and oxygen atoms in total. The standard InChI is InChI=1S/C5H14N4/c1-3-9(4-2)5(6)8-7/h3-4,7H2,1-2H3,(H2,6,8). The van der Waals surface area contributed by atoms with E-state index in [4.69, 9.17) is 11.3 Å². The fraction of sp³-hybridized carbons (Fsp3) is 0.800. The molecular weight excluding hydrogens is 116 g/mol. The molecule has 0 fully saturated rings. The van der Waals surface area contributed by atoms with E-state index in [0.29, 0.717) is 0 Å². The third-order valence-corrected chi connectivity index (χ3v) is 1.22. The molecule has 0 saturated heterocycles. The Morgan fingerprint density at radius 3 is 2.11 bits per heavy atom. The van der Waals surface area contributed by atoms with Gasteiger partial charge in [0.15, 0.2) is 0 Å². The van der Waals surface area contributed by atoms with Gasteiger partial charge in [0.1, 0.15) is 0 Å². The first kappa shape index (κ1) is 8.23. The molecule has 4 N–H and O–H groups in total. The van der Waals surface area contributed by atoms with Crippen LogP contribution in [0.5, 0.6) is 0 Å². The van der Waals surface area contributed by atoms with Crippen molar-refractivity contribution in [2.75, 3.05) is 13.1 Å². The van der Waals surface area contributed by atoms with Crippen molar-refractivity contribution in [2.24, 2.45) is 5.84 Å². The molecule has 0 aromatic carbocycles. The second-order valence-electron chi connectivity index (χ2n) is 1.67. The lowest BCUT2D eigenvalue weighted by molar-refractivity contribution is 0.444. The molecule has 0 spiro atoms. The molecular formula is C5H14N4. The summed E-state index contributed by atoms with van der Waals surface area (Å²) in [4.78, 5) is 1.82. The summed E-state index contributed by atoms with van der Waals surface area (Å²) in [6, 6.07) is 0. The minimum atomic E-state index is 0.278. The van der Waals surface area contributed by atoms with Gasteiger partial charge in [0.2, 0.25) is 5.96 Å². The topological polar surface area (TPSA) is 65.1 Å². The Morgan fingerprint density at radius 1 is 1.56 bits per heavy atom. The molecule has 0 aromatic rings. The molecule has 0 aliphatic carbocycles. The van der Waals surface area contributed by atoms with Crippen LogP contribution in [0, 0.1) is 5.41 Å². The quantitative estimate of drug-likeness (QED) is 0.208. The molecule has 0 aliphatic heterocycles. The highest BCUT2D eigenvalue weighted by Crippen LogP contribution is 1.83. The van der Waals surface area contributed by atoms with Crippen LogP contribution in [0.15, 0.2) is 0 Å². The van der Waals surface area contributed by atoms with Gasteiger partial charge in [-0.25, -0.2) is 5.84 Å². The van der Waals surface area contributed by atoms with E-state index >= 15 is 0 Å². The predicted molar refractivity (Wildman–Crippen MR) is 38.0 cm³/mol. The lowest BCUT2D eigenvalue weighted by Crippen LogP contribution is -2.43. The van der Waals surface area contributed by atoms with Gasteiger partial charge in [0.05, 0.1) is 0 Å². The van der Waals surface area contributed by atoms with Crippen molar-refractivity contribution in [3.63, 3.8) is 0 Å². The SMILES string of the molecule is CCN(CC)C(=N)NN. The van der Waals surface area contributed by atoms with Crippen molar-refractivity contribution in [1.82, 2.24) is 10.3 Å². The molecule has 0 heterocycles. The zero-order valence-electron chi connectivity index (χ0n) is 5.94. The van der Waals surface area contributed by atoms with E-state index in [1.807, 2.05) is 18.7 Å². The van der Waals surface area contributed by atoms with Crippen LogP contribution >= 0.6 is 0 Å². The number of guanidine groups is 1. The Balaban J connectivity index is 3.64. The first-order chi connectivity index (χ1) is 4.26. The number of nitrogens with two attached hydrogens (primary N) is 1. The fourth-order valence-corrected chi connectivity index (χ4v) is 0.631. The van der Waals surface area contributed by atoms with Gasteiger partial charge in [-0.2, -0.15) is 0 Å². The third kappa shape index (κ3) is 2.32. The maximum Gasteiger partial charge on any atom is 0.205 e. The number of nitrogens with one attached hydrogen (secondary N) is 2. The summed E-state index contributed by atoms with van der Waals surface area (Å²) >= 11 is 0. The van der Waals surface area contributed by atoms with Crippen LogP contribution in [-0.4, -0.2) is 23.9 Å². The lowest BCUT2D eigenvalue weighted by atomic mass is 10.5. The minimum Gasteiger partial charge on any atom is -0.343 e. The molecule has 0 saturated carbocycles. The third-order valence-electron chi connectivity index (χ3n) is 1.22. The van der Waals surface area contributed by atoms with E-state index in [1.165, 1.54) is 0 Å². The second kappa shape index (κ2) is 4.14. The van der Waals surface area contributed by atoms with E-state index in [9.17, 15) is 0 Å². The Morgan fingerprint density at radius 2 is 2.00 bits per heavy atom. The molecule has 0 rings (SSSR count). The van der Waals surface area contributed by atoms with Gasteiger partial charge >= 0.3 is 0 Å². The summed E-state index contributed by atoms with van der Waals surface area (Å²) in [6.45, 7) is 5.60. The summed E-state index contributed by atoms with van der Waals surface area (Å²) < 4.78 is 0. The van der Waals surface area contributed by atoms with Crippen LogP contribution in [0.3, 0.4) is 0 Å². The van der Waals surface area contributed by atoms with Gasteiger partial charge in [0.25, 0.3) is 0 Å². The van der Waals surface area contributed by atoms with E-state index in [0.717, 1.165) is 13.1 Å². The normalized spacial score (nSPS) is 8.78. The molecule has 0 atom stereocenters. The van der Waals surface area contributed by atoms with Crippen molar-refractivity contribution in [1.29, 1.82) is 5.41 Å². The highest BCUT2D eigenvalue weighted by Gasteiger charge is 1.99. The molecule has 0 aromatic heterocycles. The summed E-state index contributed by atoms with van der Waals surface area (Å²) in [5.74, 6) is 5.29. The molecule has 0 bridgehead atoms. The van der Waals surface area contributed by atoms with Crippen LogP contribution in [0.4, 0.5) is 0 Å². The van der Waals surface area contributed by atoms with Crippen LogP contribution in [0.25, 0.3) is 0 Å². The predicted octanol–water partition coefficient (Wildman–Crippen LogP) is -0.274. The smallest absolute Gasteiger partial charge is 0.205 e. The lowest BCUT2D eigenvalue weighted by Gasteiger charge is -2.19. The van der Waals surface area contributed by atoms with Gasteiger partial charge in [-0.1, -0.05) is 0 Å². The summed E-state index contributed by atoms with van der Waals surface area (Å²) in [7, 11) is 0. The van der Waals surface area contributed by atoms with Crippen molar-refractivity contribution in [3.8, 4) is 0 Å². The molecule has 9 heavy (non-hydrogen) atoms. The van der Waals surface area contributed by atoms with Crippen molar-refractivity contribution >= 4 is 5.96 Å². The van der Waals surface area contributed by atoms with Gasteiger partial charge < -0.3 is 4.90 Å². The largest absolute Gasteiger partial charge is 0.343 e. The summed E-state index contributed by atoms with van der Waals surface area (Å²) in [5, 5.41) is 7.18. The number of hydrogen-bond donors (Lipinski definition) is 3. The Labute approximate surface area is 55.5 Å². The van der Waals surface area contributed by atoms with E-state index in [-0.39, 0.29) is 5.96 Å². The maximum atomic E-state index is 7.18. The van der Waals surface area contributed by atoms with Crippen LogP contribution in [0.2, 0.25) is 0 Å². The minimum absolute atomic E-state index is 0.278. The number of nitrogens with zero attached hydrogens (tertiary/aromatic N) is 1. The Hall–Kier alpha value is -0.770. The van der Waals surface area contributed by atoms with Crippen molar-refractivity contribution < 1.29 is 0 Å².